The minimum atomic E-state index is -5.87. The predicted octanol–water partition coefficient (Wildman–Crippen LogP) is -1.22. The lowest BCUT2D eigenvalue weighted by atomic mass is 9.88. The standard InChI is InChI=1S/C13H21FN5O14P3/c1-12(2,31-35(26,27)33-36(28,29)32-34(23,24)25)7-6(20)13(22,3-14)10(30-7)19-4-16-5-8(19)17-11(15)18-9(5)21/h4,6-7,10,20,22H,3H2,1-2H3,(H,26,27)(H,28,29)(H2,23,24,25)(H3,15,17,18,21)/t6?,7-,10+,13+/m0/s1. The Morgan fingerprint density at radius 2 is 1.86 bits per heavy atom. The molecule has 3 unspecified atom stereocenters. The third-order valence-corrected chi connectivity index (χ3v) is 8.90. The second kappa shape index (κ2) is 9.28. The molecule has 3 heterocycles. The molecule has 6 atom stereocenters. The van der Waals surface area contributed by atoms with Gasteiger partial charge in [-0.05, 0) is 13.8 Å². The molecule has 0 spiro atoms. The smallest absolute Gasteiger partial charge is 0.387 e. The fraction of sp³-hybridized carbons (Fsp3) is 0.615. The number of anilines is 1. The summed E-state index contributed by atoms with van der Waals surface area (Å²) in [5, 5.41) is 21.6. The highest BCUT2D eigenvalue weighted by molar-refractivity contribution is 7.66. The fourth-order valence-corrected chi connectivity index (χ4v) is 6.83. The van der Waals surface area contributed by atoms with Gasteiger partial charge in [-0.2, -0.15) is 13.6 Å². The van der Waals surface area contributed by atoms with Gasteiger partial charge < -0.3 is 40.3 Å². The summed E-state index contributed by atoms with van der Waals surface area (Å²) in [6.07, 6.45) is -5.05. The molecule has 0 amide bonds. The number of rotatable bonds is 9. The van der Waals surface area contributed by atoms with Crippen molar-refractivity contribution in [2.24, 2.45) is 0 Å². The highest BCUT2D eigenvalue weighted by Crippen LogP contribution is 2.67. The molecule has 0 bridgehead atoms. The van der Waals surface area contributed by atoms with E-state index in [0.29, 0.717) is 0 Å². The van der Waals surface area contributed by atoms with Gasteiger partial charge >= 0.3 is 23.5 Å². The van der Waals surface area contributed by atoms with Gasteiger partial charge in [0.1, 0.15) is 24.5 Å². The Morgan fingerprint density at radius 3 is 2.42 bits per heavy atom. The first-order valence-corrected chi connectivity index (χ1v) is 13.9. The van der Waals surface area contributed by atoms with E-state index in [1.807, 2.05) is 0 Å². The lowest BCUT2D eigenvalue weighted by molar-refractivity contribution is -0.126. The Hall–Kier alpha value is -1.63. The Morgan fingerprint density at radius 1 is 1.25 bits per heavy atom. The van der Waals surface area contributed by atoms with Crippen LogP contribution in [-0.4, -0.2) is 79.4 Å². The van der Waals surface area contributed by atoms with Gasteiger partial charge in [-0.25, -0.2) is 23.1 Å². The van der Waals surface area contributed by atoms with Gasteiger partial charge in [0.25, 0.3) is 5.56 Å². The van der Waals surface area contributed by atoms with E-state index in [1.165, 1.54) is 0 Å². The summed E-state index contributed by atoms with van der Waals surface area (Å²) >= 11 is 0. The number of H-pyrrole nitrogens is 1. The number of nitrogens with two attached hydrogens (primary N) is 1. The van der Waals surface area contributed by atoms with Crippen LogP contribution in [0.3, 0.4) is 0 Å². The summed E-state index contributed by atoms with van der Waals surface area (Å²) in [5.41, 5.74) is -0.892. The van der Waals surface area contributed by atoms with E-state index >= 15 is 0 Å². The summed E-state index contributed by atoms with van der Waals surface area (Å²) in [6.45, 7) is 0.263. The molecule has 0 radical (unpaired) electrons. The van der Waals surface area contributed by atoms with E-state index in [-0.39, 0.29) is 17.1 Å². The Kier molecular flexibility index (Phi) is 7.46. The number of halogens is 1. The number of hydrogen-bond acceptors (Lipinski definition) is 13. The van der Waals surface area contributed by atoms with Gasteiger partial charge in [0.05, 0.1) is 6.33 Å². The van der Waals surface area contributed by atoms with Crippen molar-refractivity contribution in [1.82, 2.24) is 19.5 Å². The molecule has 9 N–H and O–H groups in total. The van der Waals surface area contributed by atoms with Crippen LogP contribution in [0.15, 0.2) is 11.1 Å². The number of aromatic nitrogens is 4. The van der Waals surface area contributed by atoms with Gasteiger partial charge in [0, 0.05) is 0 Å². The number of nitrogen functional groups attached to an aromatic ring is 1. The average Bonchev–Trinajstić information content (AvgIpc) is 3.17. The Bertz CT molecular complexity index is 1360. The van der Waals surface area contributed by atoms with Crippen molar-refractivity contribution in [3.8, 4) is 0 Å². The molecule has 1 saturated heterocycles. The zero-order valence-electron chi connectivity index (χ0n) is 18.1. The van der Waals surface area contributed by atoms with E-state index in [9.17, 15) is 42.9 Å². The van der Waals surface area contributed by atoms with Crippen LogP contribution in [0, 0.1) is 0 Å². The molecule has 19 nitrogen and oxygen atoms in total. The average molecular weight is 583 g/mol. The molecule has 204 valence electrons. The van der Waals surface area contributed by atoms with Gasteiger partial charge in [-0.3, -0.25) is 18.9 Å². The first kappa shape index (κ1) is 28.9. The number of phosphoric acid groups is 3. The monoisotopic (exact) mass is 583 g/mol. The number of nitrogens with zero attached hydrogens (tertiary/aromatic N) is 3. The van der Waals surface area contributed by atoms with Crippen molar-refractivity contribution in [3.63, 3.8) is 0 Å². The van der Waals surface area contributed by atoms with Crippen molar-refractivity contribution in [3.05, 3.63) is 16.7 Å². The van der Waals surface area contributed by atoms with E-state index in [1.54, 1.807) is 0 Å². The Balaban J connectivity index is 1.94. The van der Waals surface area contributed by atoms with Crippen molar-refractivity contribution < 1.29 is 65.8 Å². The number of nitrogens with one attached hydrogen (secondary N) is 1. The topological polar surface area (TPSA) is 299 Å². The van der Waals surface area contributed by atoms with Crippen molar-refractivity contribution in [2.45, 2.75) is 43.5 Å². The van der Waals surface area contributed by atoms with Crippen LogP contribution in [0.25, 0.3) is 11.2 Å². The lowest BCUT2D eigenvalue weighted by Crippen LogP contribution is -2.53. The molecule has 0 aliphatic carbocycles. The second-order valence-electron chi connectivity index (χ2n) is 8.04. The first-order chi connectivity index (χ1) is 16.2. The van der Waals surface area contributed by atoms with Gasteiger partial charge in [0.2, 0.25) is 5.95 Å². The predicted molar refractivity (Wildman–Crippen MR) is 112 cm³/mol. The zero-order valence-corrected chi connectivity index (χ0v) is 20.8. The number of ether oxygens (including phenoxy) is 1. The molecule has 23 heteroatoms. The molecule has 0 aromatic carbocycles. The molecule has 1 aliphatic heterocycles. The number of aliphatic hydroxyl groups is 2. The van der Waals surface area contributed by atoms with E-state index < -0.39 is 65.3 Å². The molecule has 2 aromatic heterocycles. The van der Waals surface area contributed by atoms with E-state index in [4.69, 9.17) is 24.8 Å². The summed E-state index contributed by atoms with van der Waals surface area (Å²) in [5.74, 6) is -0.374. The maximum atomic E-state index is 14.0. The first-order valence-electron chi connectivity index (χ1n) is 9.40. The molecule has 36 heavy (non-hydrogen) atoms. The van der Waals surface area contributed by atoms with Crippen LogP contribution in [-0.2, 0) is 31.6 Å². The van der Waals surface area contributed by atoms with Crippen LogP contribution < -0.4 is 11.3 Å². The van der Waals surface area contributed by atoms with E-state index in [0.717, 1.165) is 24.7 Å². The third kappa shape index (κ3) is 5.76. The third-order valence-electron chi connectivity index (χ3n) is 4.87. The molecular formula is C13H21FN5O14P3. The number of aromatic amines is 1. The minimum Gasteiger partial charge on any atom is -0.387 e. The largest absolute Gasteiger partial charge is 0.490 e. The summed E-state index contributed by atoms with van der Waals surface area (Å²) in [7, 11) is -17.2. The summed E-state index contributed by atoms with van der Waals surface area (Å²) < 4.78 is 67.1. The highest BCUT2D eigenvalue weighted by atomic mass is 31.3. The summed E-state index contributed by atoms with van der Waals surface area (Å²) in [6, 6.07) is 0. The number of aliphatic hydroxyl groups excluding tert-OH is 1. The SMILES string of the molecule is CC(C)(OP(=O)(O)OP(=O)(O)OP(=O)(O)O)[C@H]1O[C@@H](n2cnc3c(=O)[nH]c(N)nc32)[C@@](O)(CF)C1O. The molecule has 1 fully saturated rings. The van der Waals surface area contributed by atoms with Gasteiger partial charge in [0.15, 0.2) is 23.0 Å². The zero-order chi connectivity index (χ0) is 27.5. The normalized spacial score (nSPS) is 28.8. The number of fused-ring (bicyclic) bond motifs is 1. The number of imidazole rings is 1. The van der Waals surface area contributed by atoms with Crippen LogP contribution in [0.1, 0.15) is 20.1 Å². The van der Waals surface area contributed by atoms with Crippen molar-refractivity contribution in [2.75, 3.05) is 12.4 Å². The van der Waals surface area contributed by atoms with Crippen LogP contribution >= 0.6 is 23.5 Å². The number of phosphoric ester groups is 1. The second-order valence-corrected chi connectivity index (χ2v) is 12.4. The van der Waals surface area contributed by atoms with Gasteiger partial charge in [-0.1, -0.05) is 0 Å². The van der Waals surface area contributed by atoms with Crippen molar-refractivity contribution in [1.29, 1.82) is 0 Å². The Labute approximate surface area is 199 Å². The molecule has 1 aliphatic rings. The van der Waals surface area contributed by atoms with Crippen LogP contribution in [0.4, 0.5) is 10.3 Å². The van der Waals surface area contributed by atoms with Crippen LogP contribution in [0.5, 0.6) is 0 Å². The quantitative estimate of drug-likeness (QED) is 0.160. The van der Waals surface area contributed by atoms with Crippen molar-refractivity contribution >= 4 is 40.6 Å². The van der Waals surface area contributed by atoms with Gasteiger partial charge in [-0.15, -0.1) is 0 Å². The molecular weight excluding hydrogens is 562 g/mol. The minimum absolute atomic E-state index is 0.285. The molecule has 3 rings (SSSR count). The fourth-order valence-electron chi connectivity index (χ4n) is 3.50. The summed E-state index contributed by atoms with van der Waals surface area (Å²) in [4.78, 5) is 58.2. The number of hydrogen-bond donors (Lipinski definition) is 8. The van der Waals surface area contributed by atoms with Crippen LogP contribution in [0.2, 0.25) is 0 Å². The molecule has 0 saturated carbocycles. The maximum absolute atomic E-state index is 14.0. The lowest BCUT2D eigenvalue weighted by Gasteiger charge is -2.34. The molecule has 2 aromatic rings. The number of alkyl halides is 1. The highest BCUT2D eigenvalue weighted by Gasteiger charge is 2.62. The maximum Gasteiger partial charge on any atom is 0.490 e. The van der Waals surface area contributed by atoms with E-state index in [2.05, 4.69) is 23.6 Å².